The van der Waals surface area contributed by atoms with Crippen molar-refractivity contribution in [2.24, 2.45) is 10.9 Å². The van der Waals surface area contributed by atoms with Gasteiger partial charge in [-0.2, -0.15) is 0 Å². The normalized spacial score (nSPS) is 24.0. The topological polar surface area (TPSA) is 58.1 Å². The third kappa shape index (κ3) is 7.53. The molecule has 3 aliphatic rings. The van der Waals surface area contributed by atoms with Crippen LogP contribution in [0, 0.1) is 5.92 Å². The zero-order chi connectivity index (χ0) is 19.4. The van der Waals surface area contributed by atoms with Crippen LogP contribution in [0.4, 0.5) is 0 Å². The van der Waals surface area contributed by atoms with Gasteiger partial charge in [0.1, 0.15) is 0 Å². The predicted octanol–water partition coefficient (Wildman–Crippen LogP) is 2.78. The number of nitrogens with one attached hydrogen (secondary N) is 2. The Labute approximate surface area is 171 Å². The van der Waals surface area contributed by atoms with Crippen molar-refractivity contribution in [3.05, 3.63) is 0 Å². The molecule has 1 aliphatic carbocycles. The number of nitrogens with zero attached hydrogens (tertiary/aromatic N) is 2. The number of ether oxygens (including phenoxy) is 2. The number of hydrogen-bond donors (Lipinski definition) is 2. The second kappa shape index (κ2) is 12.7. The largest absolute Gasteiger partial charge is 0.381 e. The molecule has 0 aromatic carbocycles. The van der Waals surface area contributed by atoms with Crippen LogP contribution in [0.3, 0.4) is 0 Å². The van der Waals surface area contributed by atoms with Crippen molar-refractivity contribution in [2.45, 2.75) is 76.8 Å². The van der Waals surface area contributed by atoms with Gasteiger partial charge in [-0.25, -0.2) is 0 Å². The summed E-state index contributed by atoms with van der Waals surface area (Å²) in [6.45, 7) is 9.83. The summed E-state index contributed by atoms with van der Waals surface area (Å²) in [4.78, 5) is 7.50. The minimum atomic E-state index is 0.556. The summed E-state index contributed by atoms with van der Waals surface area (Å²) in [6, 6.07) is 1.42. The number of likely N-dealkylation sites (tertiary alicyclic amines) is 1. The molecular weight excluding hydrogens is 352 g/mol. The quantitative estimate of drug-likeness (QED) is 0.358. The van der Waals surface area contributed by atoms with E-state index in [1.807, 2.05) is 0 Å². The minimum Gasteiger partial charge on any atom is -0.381 e. The lowest BCUT2D eigenvalue weighted by molar-refractivity contribution is 0.0205. The van der Waals surface area contributed by atoms with Crippen molar-refractivity contribution in [3.63, 3.8) is 0 Å². The Morgan fingerprint density at radius 1 is 1.07 bits per heavy atom. The molecule has 2 saturated heterocycles. The number of rotatable bonds is 9. The number of aliphatic imine (C=N–C) groups is 1. The first-order valence-electron chi connectivity index (χ1n) is 11.8. The molecule has 0 atom stereocenters. The van der Waals surface area contributed by atoms with E-state index in [9.17, 15) is 0 Å². The summed E-state index contributed by atoms with van der Waals surface area (Å²) in [5.41, 5.74) is 0. The highest BCUT2D eigenvalue weighted by Gasteiger charge is 2.27. The molecule has 2 N–H and O–H groups in total. The van der Waals surface area contributed by atoms with Crippen LogP contribution in [0.1, 0.15) is 64.7 Å². The molecule has 0 aromatic rings. The van der Waals surface area contributed by atoms with Crippen LogP contribution >= 0.6 is 0 Å². The van der Waals surface area contributed by atoms with Crippen LogP contribution in [0.5, 0.6) is 0 Å². The third-order valence-electron chi connectivity index (χ3n) is 6.47. The Kier molecular flexibility index (Phi) is 9.88. The molecule has 2 aliphatic heterocycles. The van der Waals surface area contributed by atoms with E-state index in [1.54, 1.807) is 0 Å². The van der Waals surface area contributed by atoms with E-state index in [4.69, 9.17) is 14.5 Å². The molecule has 2 heterocycles. The van der Waals surface area contributed by atoms with Crippen molar-refractivity contribution in [1.29, 1.82) is 0 Å². The Bertz CT molecular complexity index is 440. The van der Waals surface area contributed by atoms with E-state index >= 15 is 0 Å². The van der Waals surface area contributed by atoms with E-state index in [0.29, 0.717) is 12.0 Å². The zero-order valence-electron chi connectivity index (χ0n) is 18.0. The van der Waals surface area contributed by atoms with Gasteiger partial charge in [-0.15, -0.1) is 0 Å². The van der Waals surface area contributed by atoms with Crippen LogP contribution in [-0.2, 0) is 9.47 Å². The SMILES string of the molecule is CCNC(=NCCCOCC1CCOCC1)NC1CCN(C2CCCC2)CC1. The maximum absolute atomic E-state index is 5.85. The van der Waals surface area contributed by atoms with Crippen LogP contribution in [-0.4, -0.2) is 75.5 Å². The van der Waals surface area contributed by atoms with Gasteiger partial charge >= 0.3 is 0 Å². The highest BCUT2D eigenvalue weighted by molar-refractivity contribution is 5.80. The van der Waals surface area contributed by atoms with Crippen LogP contribution < -0.4 is 10.6 Å². The van der Waals surface area contributed by atoms with Crippen LogP contribution in [0.25, 0.3) is 0 Å². The second-order valence-corrected chi connectivity index (χ2v) is 8.64. The van der Waals surface area contributed by atoms with Gasteiger partial charge in [0.25, 0.3) is 0 Å². The molecule has 162 valence electrons. The number of hydrogen-bond acceptors (Lipinski definition) is 4. The molecular formula is C22H42N4O2. The first-order chi connectivity index (χ1) is 13.8. The first kappa shape index (κ1) is 21.8. The summed E-state index contributed by atoms with van der Waals surface area (Å²) < 4.78 is 11.3. The average molecular weight is 395 g/mol. The summed E-state index contributed by atoms with van der Waals surface area (Å²) in [5, 5.41) is 7.08. The third-order valence-corrected chi connectivity index (χ3v) is 6.47. The fraction of sp³-hybridized carbons (Fsp3) is 0.955. The Morgan fingerprint density at radius 2 is 1.82 bits per heavy atom. The monoisotopic (exact) mass is 394 g/mol. The van der Waals surface area contributed by atoms with E-state index < -0.39 is 0 Å². The molecule has 0 unspecified atom stereocenters. The lowest BCUT2D eigenvalue weighted by Gasteiger charge is -2.36. The van der Waals surface area contributed by atoms with Crippen molar-refractivity contribution in [2.75, 3.05) is 52.6 Å². The molecule has 0 spiro atoms. The Morgan fingerprint density at radius 3 is 2.54 bits per heavy atom. The minimum absolute atomic E-state index is 0.556. The fourth-order valence-corrected chi connectivity index (χ4v) is 4.71. The molecule has 3 rings (SSSR count). The maximum atomic E-state index is 5.85. The van der Waals surface area contributed by atoms with Crippen molar-refractivity contribution < 1.29 is 9.47 Å². The molecule has 6 nitrogen and oxygen atoms in total. The van der Waals surface area contributed by atoms with Crippen molar-refractivity contribution >= 4 is 5.96 Å². The molecule has 0 bridgehead atoms. The molecule has 0 radical (unpaired) electrons. The van der Waals surface area contributed by atoms with Crippen molar-refractivity contribution in [1.82, 2.24) is 15.5 Å². The van der Waals surface area contributed by atoms with Gasteiger partial charge < -0.3 is 25.0 Å². The molecule has 28 heavy (non-hydrogen) atoms. The Hall–Kier alpha value is -0.850. The van der Waals surface area contributed by atoms with E-state index in [2.05, 4.69) is 22.5 Å². The molecule has 1 saturated carbocycles. The summed E-state index contributed by atoms with van der Waals surface area (Å²) in [6.07, 6.45) is 11.4. The van der Waals surface area contributed by atoms with Gasteiger partial charge in [0.05, 0.1) is 0 Å². The second-order valence-electron chi connectivity index (χ2n) is 8.64. The number of guanidine groups is 1. The fourth-order valence-electron chi connectivity index (χ4n) is 4.71. The van der Waals surface area contributed by atoms with Gasteiger partial charge in [0.2, 0.25) is 0 Å². The Balaban J connectivity index is 1.29. The highest BCUT2D eigenvalue weighted by atomic mass is 16.5. The van der Waals surface area contributed by atoms with E-state index in [-0.39, 0.29) is 0 Å². The molecule has 3 fully saturated rings. The van der Waals surface area contributed by atoms with Gasteiger partial charge in [0, 0.05) is 64.7 Å². The summed E-state index contributed by atoms with van der Waals surface area (Å²) >= 11 is 0. The van der Waals surface area contributed by atoms with Crippen LogP contribution in [0.15, 0.2) is 4.99 Å². The lowest BCUT2D eigenvalue weighted by atomic mass is 10.0. The lowest BCUT2D eigenvalue weighted by Crippen LogP contribution is -2.50. The maximum Gasteiger partial charge on any atom is 0.191 e. The van der Waals surface area contributed by atoms with E-state index in [0.717, 1.165) is 70.8 Å². The molecule has 0 amide bonds. The summed E-state index contributed by atoms with van der Waals surface area (Å²) in [7, 11) is 0. The highest BCUT2D eigenvalue weighted by Crippen LogP contribution is 2.26. The average Bonchev–Trinajstić information content (AvgIpc) is 3.27. The summed E-state index contributed by atoms with van der Waals surface area (Å²) in [5.74, 6) is 1.66. The molecule has 6 heteroatoms. The smallest absolute Gasteiger partial charge is 0.191 e. The van der Waals surface area contributed by atoms with Crippen LogP contribution in [0.2, 0.25) is 0 Å². The molecule has 0 aromatic heterocycles. The standard InChI is InChI=1S/C22H42N4O2/c1-2-23-22(24-12-5-15-28-18-19-10-16-27-17-11-19)25-20-8-13-26(14-9-20)21-6-3-4-7-21/h19-21H,2-18H2,1H3,(H2,23,24,25). The van der Waals surface area contributed by atoms with Crippen molar-refractivity contribution in [3.8, 4) is 0 Å². The van der Waals surface area contributed by atoms with Gasteiger partial charge in [-0.1, -0.05) is 12.8 Å². The first-order valence-corrected chi connectivity index (χ1v) is 11.8. The van der Waals surface area contributed by atoms with Gasteiger partial charge in [-0.05, 0) is 57.8 Å². The number of piperidine rings is 1. The van der Waals surface area contributed by atoms with Gasteiger partial charge in [0.15, 0.2) is 5.96 Å². The van der Waals surface area contributed by atoms with Gasteiger partial charge in [-0.3, -0.25) is 4.99 Å². The van der Waals surface area contributed by atoms with E-state index in [1.165, 1.54) is 51.6 Å². The zero-order valence-corrected chi connectivity index (χ0v) is 18.0. The predicted molar refractivity (Wildman–Crippen MR) is 115 cm³/mol.